The summed E-state index contributed by atoms with van der Waals surface area (Å²) in [5, 5.41) is 9.23. The van der Waals surface area contributed by atoms with Crippen LogP contribution in [0.1, 0.15) is 41.6 Å². The van der Waals surface area contributed by atoms with Crippen molar-refractivity contribution in [1.29, 1.82) is 0 Å². The number of hydrogen-bond donors (Lipinski definition) is 1. The highest BCUT2D eigenvalue weighted by atomic mass is 16.5. The number of hydrazone groups is 1. The second-order valence-corrected chi connectivity index (χ2v) is 9.76. The number of rotatable bonds is 9. The third-order valence-corrected chi connectivity index (χ3v) is 7.24. The molecule has 0 saturated carbocycles. The molecule has 0 aromatic heterocycles. The Bertz CT molecular complexity index is 1160. The number of hydrogen-bond acceptors (Lipinski definition) is 6. The molecule has 1 fully saturated rings. The molecule has 1 atom stereocenters. The van der Waals surface area contributed by atoms with E-state index in [1.165, 1.54) is 11.1 Å². The maximum Gasteiger partial charge on any atom is 0.317 e. The summed E-state index contributed by atoms with van der Waals surface area (Å²) in [6.07, 6.45) is 0.559. The van der Waals surface area contributed by atoms with E-state index in [-0.39, 0.29) is 24.5 Å². The Hall–Kier alpha value is -3.43. The van der Waals surface area contributed by atoms with Gasteiger partial charge < -0.3 is 19.7 Å². The molecule has 2 aromatic carbocycles. The van der Waals surface area contributed by atoms with Gasteiger partial charge in [0.1, 0.15) is 12.3 Å². The van der Waals surface area contributed by atoms with E-state index < -0.39 is 0 Å². The van der Waals surface area contributed by atoms with Gasteiger partial charge in [0, 0.05) is 44.7 Å². The number of nitrogens with one attached hydrogen (secondary N) is 1. The molecular weight excluding hydrogens is 482 g/mol. The summed E-state index contributed by atoms with van der Waals surface area (Å²) in [7, 11) is 1.63. The first-order valence-electron chi connectivity index (χ1n) is 13.3. The number of carbonyl (C=O) groups excluding carboxylic acids is 2. The van der Waals surface area contributed by atoms with Crippen molar-refractivity contribution in [2.45, 2.75) is 33.2 Å². The Morgan fingerprint density at radius 1 is 1.13 bits per heavy atom. The lowest BCUT2D eigenvalue weighted by Crippen LogP contribution is -2.49. The van der Waals surface area contributed by atoms with E-state index in [0.29, 0.717) is 45.0 Å². The molecule has 3 amide bonds. The highest BCUT2D eigenvalue weighted by Gasteiger charge is 2.36. The van der Waals surface area contributed by atoms with Gasteiger partial charge in [-0.2, -0.15) is 5.10 Å². The summed E-state index contributed by atoms with van der Waals surface area (Å²) in [6, 6.07) is 13.4. The van der Waals surface area contributed by atoms with Crippen LogP contribution in [-0.2, 0) is 9.53 Å². The van der Waals surface area contributed by atoms with Crippen LogP contribution in [0.25, 0.3) is 0 Å². The molecule has 9 heteroatoms. The average molecular weight is 522 g/mol. The van der Waals surface area contributed by atoms with Crippen LogP contribution < -0.4 is 10.1 Å². The Balaban J connectivity index is 1.60. The van der Waals surface area contributed by atoms with Crippen LogP contribution in [0.5, 0.6) is 5.75 Å². The predicted octanol–water partition coefficient (Wildman–Crippen LogP) is 3.35. The molecule has 1 unspecified atom stereocenters. The second kappa shape index (κ2) is 12.9. The van der Waals surface area contributed by atoms with Crippen molar-refractivity contribution in [1.82, 2.24) is 20.1 Å². The molecule has 38 heavy (non-hydrogen) atoms. The first-order valence-corrected chi connectivity index (χ1v) is 13.3. The van der Waals surface area contributed by atoms with Gasteiger partial charge in [-0.1, -0.05) is 30.3 Å². The van der Waals surface area contributed by atoms with Crippen molar-refractivity contribution in [2.75, 3.05) is 59.6 Å². The van der Waals surface area contributed by atoms with Crippen molar-refractivity contribution < 1.29 is 19.1 Å². The maximum absolute atomic E-state index is 13.8. The minimum absolute atomic E-state index is 0.0640. The minimum atomic E-state index is -0.328. The minimum Gasteiger partial charge on any atom is -0.496 e. The fourth-order valence-electron chi connectivity index (χ4n) is 4.86. The van der Waals surface area contributed by atoms with Crippen molar-refractivity contribution in [2.24, 2.45) is 5.10 Å². The van der Waals surface area contributed by atoms with Gasteiger partial charge in [0.25, 0.3) is 5.91 Å². The number of benzene rings is 2. The Kier molecular flexibility index (Phi) is 9.36. The molecule has 0 radical (unpaired) electrons. The topological polar surface area (TPSA) is 86.7 Å². The molecule has 1 N–H and O–H groups in total. The molecule has 2 aromatic rings. The summed E-state index contributed by atoms with van der Waals surface area (Å²) in [5.41, 5.74) is 5.11. The molecule has 0 aliphatic carbocycles. The fraction of sp³-hybridized carbons (Fsp3) is 0.483. The zero-order valence-corrected chi connectivity index (χ0v) is 22.9. The Labute approximate surface area is 225 Å². The smallest absolute Gasteiger partial charge is 0.317 e. The van der Waals surface area contributed by atoms with Gasteiger partial charge in [-0.05, 0) is 49.6 Å². The lowest BCUT2D eigenvalue weighted by atomic mass is 9.96. The van der Waals surface area contributed by atoms with Gasteiger partial charge in [0.2, 0.25) is 0 Å². The lowest BCUT2D eigenvalue weighted by molar-refractivity contribution is -0.133. The van der Waals surface area contributed by atoms with Gasteiger partial charge in [0.05, 0.1) is 32.1 Å². The Morgan fingerprint density at radius 3 is 2.61 bits per heavy atom. The molecule has 2 aliphatic heterocycles. The molecule has 2 heterocycles. The zero-order chi connectivity index (χ0) is 27.1. The largest absolute Gasteiger partial charge is 0.496 e. The quantitative estimate of drug-likeness (QED) is 0.547. The van der Waals surface area contributed by atoms with E-state index in [9.17, 15) is 9.59 Å². The van der Waals surface area contributed by atoms with Crippen LogP contribution >= 0.6 is 0 Å². The van der Waals surface area contributed by atoms with E-state index >= 15 is 0 Å². The first kappa shape index (κ1) is 27.6. The van der Waals surface area contributed by atoms with Crippen LogP contribution in [0.3, 0.4) is 0 Å². The first-order chi connectivity index (χ1) is 18.4. The van der Waals surface area contributed by atoms with Gasteiger partial charge in [-0.3, -0.25) is 9.69 Å². The van der Waals surface area contributed by atoms with E-state index in [2.05, 4.69) is 42.3 Å². The molecular formula is C29H39N5O4. The van der Waals surface area contributed by atoms with Gasteiger partial charge in [-0.15, -0.1) is 0 Å². The highest BCUT2D eigenvalue weighted by Crippen LogP contribution is 2.37. The van der Waals surface area contributed by atoms with Crippen LogP contribution in [0.2, 0.25) is 0 Å². The highest BCUT2D eigenvalue weighted by molar-refractivity contribution is 6.03. The number of amides is 3. The number of ether oxygens (including phenoxy) is 2. The van der Waals surface area contributed by atoms with Crippen molar-refractivity contribution in [3.8, 4) is 5.75 Å². The fourth-order valence-corrected chi connectivity index (χ4v) is 4.86. The standard InChI is InChI=1S/C29H39N5O4/c1-5-30-29(36)33(13-12-32-14-16-38-17-15-32)20-28(35)34-26(24-8-6-7-9-27(24)37-4)19-25(31-34)23-11-10-21(2)22(3)18-23/h6-11,18,26H,5,12-17,19-20H2,1-4H3,(H,30,36). The Morgan fingerprint density at radius 2 is 1.89 bits per heavy atom. The van der Waals surface area contributed by atoms with Crippen molar-refractivity contribution in [3.05, 3.63) is 64.7 Å². The maximum atomic E-state index is 13.8. The van der Waals surface area contributed by atoms with Gasteiger partial charge in [0.15, 0.2) is 0 Å². The van der Waals surface area contributed by atoms with Gasteiger partial charge in [-0.25, -0.2) is 9.80 Å². The number of morpholine rings is 1. The molecule has 204 valence electrons. The summed E-state index contributed by atoms with van der Waals surface area (Å²) >= 11 is 0. The second-order valence-electron chi connectivity index (χ2n) is 9.76. The molecule has 1 saturated heterocycles. The van der Waals surface area contributed by atoms with Crippen LogP contribution in [-0.4, -0.2) is 92.1 Å². The van der Waals surface area contributed by atoms with E-state index in [1.807, 2.05) is 31.2 Å². The summed E-state index contributed by atoms with van der Waals surface area (Å²) in [5.74, 6) is 0.479. The van der Waals surface area contributed by atoms with Crippen molar-refractivity contribution >= 4 is 17.6 Å². The normalized spacial score (nSPS) is 17.7. The van der Waals surface area contributed by atoms with Crippen LogP contribution in [0.4, 0.5) is 4.79 Å². The molecule has 9 nitrogen and oxygen atoms in total. The number of carbonyl (C=O) groups is 2. The average Bonchev–Trinajstić information content (AvgIpc) is 3.38. The monoisotopic (exact) mass is 521 g/mol. The number of nitrogens with zero attached hydrogens (tertiary/aromatic N) is 4. The molecule has 0 spiro atoms. The zero-order valence-electron chi connectivity index (χ0n) is 22.9. The predicted molar refractivity (Wildman–Crippen MR) is 148 cm³/mol. The van der Waals surface area contributed by atoms with E-state index in [4.69, 9.17) is 14.6 Å². The number of para-hydroxylation sites is 1. The number of urea groups is 1. The van der Waals surface area contributed by atoms with E-state index in [0.717, 1.165) is 29.9 Å². The number of methoxy groups -OCH3 is 1. The number of aryl methyl sites for hydroxylation is 2. The summed E-state index contributed by atoms with van der Waals surface area (Å²) in [4.78, 5) is 30.6. The molecule has 0 bridgehead atoms. The lowest BCUT2D eigenvalue weighted by Gasteiger charge is -2.31. The molecule has 2 aliphatic rings. The van der Waals surface area contributed by atoms with Crippen LogP contribution in [0.15, 0.2) is 47.6 Å². The summed E-state index contributed by atoms with van der Waals surface area (Å²) < 4.78 is 11.1. The van der Waals surface area contributed by atoms with Gasteiger partial charge >= 0.3 is 6.03 Å². The third kappa shape index (κ3) is 6.52. The van der Waals surface area contributed by atoms with E-state index in [1.54, 1.807) is 17.0 Å². The molecule has 4 rings (SSSR count). The SMILES string of the molecule is CCNC(=O)N(CCN1CCOCC1)CC(=O)N1N=C(c2ccc(C)c(C)c2)CC1c1ccccc1OC. The van der Waals surface area contributed by atoms with Crippen molar-refractivity contribution in [3.63, 3.8) is 0 Å². The third-order valence-electron chi connectivity index (χ3n) is 7.24. The van der Waals surface area contributed by atoms with Crippen LogP contribution in [0, 0.1) is 13.8 Å². The summed E-state index contributed by atoms with van der Waals surface area (Å²) in [6.45, 7) is 10.6.